The minimum atomic E-state index is -0.435. The average Bonchev–Trinajstić information content (AvgIpc) is 3.28. The van der Waals surface area contributed by atoms with E-state index in [9.17, 15) is 9.59 Å². The van der Waals surface area contributed by atoms with Crippen molar-refractivity contribution in [3.8, 4) is 0 Å². The number of methoxy groups -OCH3 is 1. The van der Waals surface area contributed by atoms with E-state index in [2.05, 4.69) is 9.97 Å². The molecule has 1 N–H and O–H groups in total. The number of H-pyrrole nitrogens is 1. The fourth-order valence-corrected chi connectivity index (χ4v) is 4.23. The average molecular weight is 356 g/mol. The van der Waals surface area contributed by atoms with Crippen molar-refractivity contribution in [2.75, 3.05) is 26.8 Å². The normalized spacial score (nSPS) is 20.8. The molecule has 1 fully saturated rings. The molecule has 0 aliphatic carbocycles. The van der Waals surface area contributed by atoms with Crippen molar-refractivity contribution in [2.45, 2.75) is 32.4 Å². The summed E-state index contributed by atoms with van der Waals surface area (Å²) in [6.45, 7) is 4.53. The van der Waals surface area contributed by atoms with Crippen LogP contribution < -0.4 is 0 Å². The van der Waals surface area contributed by atoms with Crippen LogP contribution in [0.4, 0.5) is 0 Å². The standard InChI is InChI=1S/C19H24N4O3/c1-3-15(19(25)22-7-5-12(9-22)11-26-2)23-10-13-4-6-20-17-16(13)14(8-21-17)18(23)24/h4,6,8,12,15H,3,5,7,9-11H2,1-2H3,(H,20,21). The van der Waals surface area contributed by atoms with Crippen LogP contribution >= 0.6 is 0 Å². The molecule has 2 atom stereocenters. The Bertz CT molecular complexity index is 846. The van der Waals surface area contributed by atoms with Crippen molar-refractivity contribution in [3.05, 3.63) is 29.6 Å². The Morgan fingerprint density at radius 2 is 2.35 bits per heavy atom. The van der Waals surface area contributed by atoms with Gasteiger partial charge in [0.1, 0.15) is 11.7 Å². The lowest BCUT2D eigenvalue weighted by Gasteiger charge is -2.35. The number of nitrogens with one attached hydrogen (secondary N) is 1. The van der Waals surface area contributed by atoms with E-state index in [0.29, 0.717) is 37.6 Å². The molecule has 138 valence electrons. The number of hydrogen-bond donors (Lipinski definition) is 1. The first-order valence-electron chi connectivity index (χ1n) is 9.17. The first kappa shape index (κ1) is 17.0. The van der Waals surface area contributed by atoms with E-state index in [1.165, 1.54) is 0 Å². The summed E-state index contributed by atoms with van der Waals surface area (Å²) in [6, 6.07) is 1.50. The number of likely N-dealkylation sites (tertiary alicyclic amines) is 1. The third kappa shape index (κ3) is 2.67. The van der Waals surface area contributed by atoms with E-state index in [0.717, 1.165) is 29.6 Å². The summed E-state index contributed by atoms with van der Waals surface area (Å²) < 4.78 is 5.22. The zero-order valence-electron chi connectivity index (χ0n) is 15.2. The molecule has 4 heterocycles. The quantitative estimate of drug-likeness (QED) is 0.886. The van der Waals surface area contributed by atoms with Crippen LogP contribution in [0.25, 0.3) is 11.0 Å². The predicted octanol–water partition coefficient (Wildman–Crippen LogP) is 1.79. The van der Waals surface area contributed by atoms with Crippen molar-refractivity contribution >= 4 is 22.8 Å². The van der Waals surface area contributed by atoms with Crippen LogP contribution in [-0.2, 0) is 16.1 Å². The number of rotatable bonds is 5. The van der Waals surface area contributed by atoms with Crippen LogP contribution in [-0.4, -0.2) is 64.4 Å². The summed E-state index contributed by atoms with van der Waals surface area (Å²) in [5, 5.41) is 0.886. The Labute approximate surface area is 152 Å². The molecular weight excluding hydrogens is 332 g/mol. The summed E-state index contributed by atoms with van der Waals surface area (Å²) >= 11 is 0. The largest absolute Gasteiger partial charge is 0.384 e. The van der Waals surface area contributed by atoms with E-state index in [1.54, 1.807) is 24.4 Å². The Morgan fingerprint density at radius 1 is 1.50 bits per heavy atom. The molecule has 2 aromatic rings. The summed E-state index contributed by atoms with van der Waals surface area (Å²) in [5.74, 6) is 0.336. The number of hydrogen-bond acceptors (Lipinski definition) is 4. The van der Waals surface area contributed by atoms with Gasteiger partial charge < -0.3 is 19.5 Å². The lowest BCUT2D eigenvalue weighted by molar-refractivity contribution is -0.135. The van der Waals surface area contributed by atoms with Crippen molar-refractivity contribution in [2.24, 2.45) is 5.92 Å². The van der Waals surface area contributed by atoms with E-state index >= 15 is 0 Å². The molecule has 0 aromatic carbocycles. The van der Waals surface area contributed by atoms with Gasteiger partial charge in [-0.2, -0.15) is 0 Å². The second-order valence-electron chi connectivity index (χ2n) is 7.15. The molecule has 1 saturated heterocycles. The number of aromatic nitrogens is 2. The summed E-state index contributed by atoms with van der Waals surface area (Å²) in [5.41, 5.74) is 2.38. The smallest absolute Gasteiger partial charge is 0.257 e. The Kier molecular flexibility index (Phi) is 4.40. The van der Waals surface area contributed by atoms with Gasteiger partial charge in [0.2, 0.25) is 5.91 Å². The van der Waals surface area contributed by atoms with Crippen LogP contribution in [0.3, 0.4) is 0 Å². The second-order valence-corrected chi connectivity index (χ2v) is 7.15. The summed E-state index contributed by atoms with van der Waals surface area (Å²) in [6.07, 6.45) is 5.00. The first-order valence-corrected chi connectivity index (χ1v) is 9.17. The number of ether oxygens (including phenoxy) is 1. The van der Waals surface area contributed by atoms with E-state index in [1.807, 2.05) is 17.9 Å². The summed E-state index contributed by atoms with van der Waals surface area (Å²) in [4.78, 5) is 37.1. The van der Waals surface area contributed by atoms with Crippen molar-refractivity contribution < 1.29 is 14.3 Å². The summed E-state index contributed by atoms with van der Waals surface area (Å²) in [7, 11) is 1.69. The number of carbonyl (C=O) groups is 2. The molecule has 2 amide bonds. The van der Waals surface area contributed by atoms with Gasteiger partial charge in [0.05, 0.1) is 12.2 Å². The highest BCUT2D eigenvalue weighted by Gasteiger charge is 2.38. The molecule has 0 bridgehead atoms. The fourth-order valence-electron chi connectivity index (χ4n) is 4.23. The Hall–Kier alpha value is -2.41. The van der Waals surface area contributed by atoms with Crippen molar-refractivity contribution in [1.29, 1.82) is 0 Å². The van der Waals surface area contributed by atoms with Gasteiger partial charge in [-0.3, -0.25) is 9.59 Å². The predicted molar refractivity (Wildman–Crippen MR) is 96.6 cm³/mol. The second kappa shape index (κ2) is 6.72. The lowest BCUT2D eigenvalue weighted by Crippen LogP contribution is -2.50. The Morgan fingerprint density at radius 3 is 3.12 bits per heavy atom. The lowest BCUT2D eigenvalue weighted by atomic mass is 10.00. The third-order valence-electron chi connectivity index (χ3n) is 5.54. The van der Waals surface area contributed by atoms with E-state index < -0.39 is 6.04 Å². The maximum atomic E-state index is 13.1. The monoisotopic (exact) mass is 356 g/mol. The van der Waals surface area contributed by atoms with Crippen LogP contribution in [0.2, 0.25) is 0 Å². The van der Waals surface area contributed by atoms with Crippen LogP contribution in [0.5, 0.6) is 0 Å². The van der Waals surface area contributed by atoms with Gasteiger partial charge in [-0.15, -0.1) is 0 Å². The zero-order chi connectivity index (χ0) is 18.3. The van der Waals surface area contributed by atoms with Gasteiger partial charge in [0.25, 0.3) is 5.91 Å². The molecule has 0 saturated carbocycles. The number of nitrogens with zero attached hydrogens (tertiary/aromatic N) is 3. The number of aromatic amines is 1. The van der Waals surface area contributed by atoms with Crippen LogP contribution in [0.15, 0.2) is 18.5 Å². The maximum absolute atomic E-state index is 13.1. The van der Waals surface area contributed by atoms with Crippen LogP contribution in [0, 0.1) is 5.92 Å². The molecule has 4 rings (SSSR count). The number of amides is 2. The highest BCUT2D eigenvalue weighted by Crippen LogP contribution is 2.31. The molecule has 2 aromatic heterocycles. The molecule has 0 radical (unpaired) electrons. The highest BCUT2D eigenvalue weighted by atomic mass is 16.5. The van der Waals surface area contributed by atoms with Gasteiger partial charge in [-0.1, -0.05) is 6.92 Å². The number of carbonyl (C=O) groups excluding carboxylic acids is 2. The fraction of sp³-hybridized carbons (Fsp3) is 0.526. The maximum Gasteiger partial charge on any atom is 0.257 e. The van der Waals surface area contributed by atoms with Gasteiger partial charge >= 0.3 is 0 Å². The minimum Gasteiger partial charge on any atom is -0.384 e. The molecule has 26 heavy (non-hydrogen) atoms. The van der Waals surface area contributed by atoms with E-state index in [4.69, 9.17) is 4.74 Å². The molecule has 2 unspecified atom stereocenters. The zero-order valence-corrected chi connectivity index (χ0v) is 15.2. The molecule has 7 nitrogen and oxygen atoms in total. The number of pyridine rings is 1. The SMILES string of the molecule is CCC(C(=O)N1CCC(COC)C1)N1Cc2ccnc3[nH]cc(c23)C1=O. The minimum absolute atomic E-state index is 0.0451. The van der Waals surface area contributed by atoms with Gasteiger partial charge in [-0.05, 0) is 24.5 Å². The van der Waals surface area contributed by atoms with E-state index in [-0.39, 0.29) is 11.8 Å². The molecule has 2 aliphatic heterocycles. The molecule has 0 spiro atoms. The van der Waals surface area contributed by atoms with Gasteiger partial charge in [0.15, 0.2) is 0 Å². The third-order valence-corrected chi connectivity index (χ3v) is 5.54. The molecule has 7 heteroatoms. The molecule has 2 aliphatic rings. The van der Waals surface area contributed by atoms with Gasteiger partial charge in [-0.25, -0.2) is 4.98 Å². The first-order chi connectivity index (χ1) is 12.6. The topological polar surface area (TPSA) is 78.5 Å². The highest BCUT2D eigenvalue weighted by molar-refractivity contribution is 6.10. The van der Waals surface area contributed by atoms with Crippen LogP contribution in [0.1, 0.15) is 35.7 Å². The Balaban J connectivity index is 1.58. The van der Waals surface area contributed by atoms with Crippen molar-refractivity contribution in [1.82, 2.24) is 19.8 Å². The van der Waals surface area contributed by atoms with Gasteiger partial charge in [0, 0.05) is 50.4 Å². The molecular formula is C19H24N4O3. The van der Waals surface area contributed by atoms with Crippen molar-refractivity contribution in [3.63, 3.8) is 0 Å².